The van der Waals surface area contributed by atoms with Crippen molar-refractivity contribution in [2.24, 2.45) is 5.92 Å². The van der Waals surface area contributed by atoms with E-state index < -0.39 is 0 Å². The third-order valence-electron chi connectivity index (χ3n) is 3.97. The average Bonchev–Trinajstić information content (AvgIpc) is 2.42. The van der Waals surface area contributed by atoms with E-state index in [1.807, 2.05) is 0 Å². The highest BCUT2D eigenvalue weighted by Gasteiger charge is 2.30. The third kappa shape index (κ3) is 3.65. The van der Waals surface area contributed by atoms with Gasteiger partial charge in [0, 0.05) is 31.7 Å². The highest BCUT2D eigenvalue weighted by molar-refractivity contribution is 4.85. The smallest absolute Gasteiger partial charge is 0.0644 e. The summed E-state index contributed by atoms with van der Waals surface area (Å²) in [4.78, 5) is 2.35. The molecule has 2 fully saturated rings. The van der Waals surface area contributed by atoms with Gasteiger partial charge in [0.05, 0.1) is 32.5 Å². The van der Waals surface area contributed by atoms with Gasteiger partial charge in [0.25, 0.3) is 0 Å². The van der Waals surface area contributed by atoms with Crippen molar-refractivity contribution < 1.29 is 14.6 Å². The molecule has 2 aliphatic rings. The molecule has 5 heteroatoms. The number of hydrogen-bond acceptors (Lipinski definition) is 5. The fraction of sp³-hybridized carbons (Fsp3) is 1.00. The van der Waals surface area contributed by atoms with Crippen LogP contribution in [0, 0.1) is 5.92 Å². The summed E-state index contributed by atoms with van der Waals surface area (Å²) in [6.45, 7) is 8.36. The first-order valence-corrected chi connectivity index (χ1v) is 7.09. The van der Waals surface area contributed by atoms with Crippen LogP contribution in [-0.2, 0) is 9.47 Å². The molecule has 18 heavy (non-hydrogen) atoms. The molecule has 3 atom stereocenters. The zero-order chi connectivity index (χ0) is 12.8. The van der Waals surface area contributed by atoms with Gasteiger partial charge in [0.1, 0.15) is 0 Å². The van der Waals surface area contributed by atoms with Crippen LogP contribution in [0.2, 0.25) is 0 Å². The van der Waals surface area contributed by atoms with Crippen LogP contribution < -0.4 is 5.32 Å². The number of morpholine rings is 1. The standard InChI is InChI=1S/C13H26N2O3/c1-2-14-13-3-5-17-9-11(13)7-15-4-6-18-10-12(15)8-16/h11-14,16H,2-10H2,1H3. The first-order chi connectivity index (χ1) is 8.85. The number of hydrogen-bond donors (Lipinski definition) is 2. The van der Waals surface area contributed by atoms with Crippen LogP contribution in [0.1, 0.15) is 13.3 Å². The van der Waals surface area contributed by atoms with Crippen molar-refractivity contribution in [3.63, 3.8) is 0 Å². The Morgan fingerprint density at radius 3 is 2.89 bits per heavy atom. The Morgan fingerprint density at radius 1 is 1.28 bits per heavy atom. The first-order valence-electron chi connectivity index (χ1n) is 7.09. The van der Waals surface area contributed by atoms with E-state index in [4.69, 9.17) is 9.47 Å². The van der Waals surface area contributed by atoms with Gasteiger partial charge in [-0.1, -0.05) is 6.92 Å². The van der Waals surface area contributed by atoms with Gasteiger partial charge >= 0.3 is 0 Å². The predicted octanol–water partition coefficient (Wildman–Crippen LogP) is -0.306. The van der Waals surface area contributed by atoms with E-state index in [0.717, 1.165) is 45.9 Å². The van der Waals surface area contributed by atoms with Gasteiger partial charge < -0.3 is 19.9 Å². The van der Waals surface area contributed by atoms with Crippen LogP contribution in [0.5, 0.6) is 0 Å². The Labute approximate surface area is 109 Å². The second-order valence-electron chi connectivity index (χ2n) is 5.19. The fourth-order valence-corrected chi connectivity index (χ4v) is 2.91. The molecule has 0 aromatic heterocycles. The van der Waals surface area contributed by atoms with E-state index in [1.165, 1.54) is 0 Å². The van der Waals surface area contributed by atoms with Crippen molar-refractivity contribution in [3.8, 4) is 0 Å². The molecular weight excluding hydrogens is 232 g/mol. The molecule has 106 valence electrons. The Balaban J connectivity index is 1.88. The van der Waals surface area contributed by atoms with Crippen molar-refractivity contribution in [3.05, 3.63) is 0 Å². The highest BCUT2D eigenvalue weighted by atomic mass is 16.5. The van der Waals surface area contributed by atoms with Crippen LogP contribution >= 0.6 is 0 Å². The Bertz CT molecular complexity index is 238. The number of nitrogens with zero attached hydrogens (tertiary/aromatic N) is 1. The van der Waals surface area contributed by atoms with E-state index in [1.54, 1.807) is 0 Å². The van der Waals surface area contributed by atoms with Crippen molar-refractivity contribution in [1.82, 2.24) is 10.2 Å². The SMILES string of the molecule is CCNC1CCOCC1CN1CCOCC1CO. The lowest BCUT2D eigenvalue weighted by atomic mass is 9.94. The molecular formula is C13H26N2O3. The first kappa shape index (κ1) is 14.2. The molecule has 5 nitrogen and oxygen atoms in total. The van der Waals surface area contributed by atoms with Gasteiger partial charge in [-0.15, -0.1) is 0 Å². The Hall–Kier alpha value is -0.200. The van der Waals surface area contributed by atoms with E-state index in [-0.39, 0.29) is 12.6 Å². The van der Waals surface area contributed by atoms with Gasteiger partial charge in [0.15, 0.2) is 0 Å². The second kappa shape index (κ2) is 7.40. The molecule has 2 rings (SSSR count). The lowest BCUT2D eigenvalue weighted by Gasteiger charge is -2.40. The van der Waals surface area contributed by atoms with Gasteiger partial charge in [0.2, 0.25) is 0 Å². The number of rotatable bonds is 5. The molecule has 3 unspecified atom stereocenters. The number of aliphatic hydroxyl groups is 1. The van der Waals surface area contributed by atoms with Crippen molar-refractivity contribution in [1.29, 1.82) is 0 Å². The molecule has 2 N–H and O–H groups in total. The summed E-state index contributed by atoms with van der Waals surface area (Å²) in [6, 6.07) is 0.703. The summed E-state index contributed by atoms with van der Waals surface area (Å²) >= 11 is 0. The molecule has 0 spiro atoms. The minimum absolute atomic E-state index is 0.156. The van der Waals surface area contributed by atoms with Crippen LogP contribution in [-0.4, -0.2) is 74.8 Å². The average molecular weight is 258 g/mol. The van der Waals surface area contributed by atoms with Crippen molar-refractivity contribution in [2.75, 3.05) is 52.7 Å². The fourth-order valence-electron chi connectivity index (χ4n) is 2.91. The Kier molecular flexibility index (Phi) is 5.85. The third-order valence-corrected chi connectivity index (χ3v) is 3.97. The van der Waals surface area contributed by atoms with Crippen molar-refractivity contribution in [2.45, 2.75) is 25.4 Å². The lowest BCUT2D eigenvalue weighted by molar-refractivity contribution is -0.0518. The summed E-state index contributed by atoms with van der Waals surface area (Å²) in [6.07, 6.45) is 1.09. The topological polar surface area (TPSA) is 54.0 Å². The lowest BCUT2D eigenvalue weighted by Crippen LogP contribution is -2.54. The summed E-state index contributed by atoms with van der Waals surface area (Å²) in [7, 11) is 0. The molecule has 2 saturated heterocycles. The summed E-state index contributed by atoms with van der Waals surface area (Å²) in [5.41, 5.74) is 0. The summed E-state index contributed by atoms with van der Waals surface area (Å²) < 4.78 is 11.0. The van der Waals surface area contributed by atoms with E-state index in [0.29, 0.717) is 18.6 Å². The van der Waals surface area contributed by atoms with Gasteiger partial charge in [-0.05, 0) is 13.0 Å². The van der Waals surface area contributed by atoms with E-state index >= 15 is 0 Å². The largest absolute Gasteiger partial charge is 0.395 e. The zero-order valence-electron chi connectivity index (χ0n) is 11.3. The summed E-state index contributed by atoms with van der Waals surface area (Å²) in [5, 5.41) is 12.9. The molecule has 0 aromatic rings. The van der Waals surface area contributed by atoms with Crippen LogP contribution in [0.4, 0.5) is 0 Å². The maximum Gasteiger partial charge on any atom is 0.0644 e. The molecule has 0 aliphatic carbocycles. The quantitative estimate of drug-likeness (QED) is 0.709. The molecule has 0 aromatic carbocycles. The second-order valence-corrected chi connectivity index (χ2v) is 5.19. The molecule has 2 heterocycles. The maximum absolute atomic E-state index is 9.39. The van der Waals surface area contributed by atoms with Gasteiger partial charge in [-0.3, -0.25) is 4.90 Å². The number of ether oxygens (including phenoxy) is 2. The van der Waals surface area contributed by atoms with Crippen molar-refractivity contribution >= 4 is 0 Å². The molecule has 0 bridgehead atoms. The van der Waals surface area contributed by atoms with Gasteiger partial charge in [-0.2, -0.15) is 0 Å². The minimum Gasteiger partial charge on any atom is -0.395 e. The number of aliphatic hydroxyl groups excluding tert-OH is 1. The maximum atomic E-state index is 9.39. The normalized spacial score (nSPS) is 34.7. The molecule has 0 radical (unpaired) electrons. The van der Waals surface area contributed by atoms with Crippen LogP contribution in [0.3, 0.4) is 0 Å². The van der Waals surface area contributed by atoms with Crippen LogP contribution in [0.15, 0.2) is 0 Å². The summed E-state index contributed by atoms with van der Waals surface area (Å²) in [5.74, 6) is 0.519. The predicted molar refractivity (Wildman–Crippen MR) is 69.7 cm³/mol. The number of nitrogens with one attached hydrogen (secondary N) is 1. The van der Waals surface area contributed by atoms with Gasteiger partial charge in [-0.25, -0.2) is 0 Å². The zero-order valence-corrected chi connectivity index (χ0v) is 11.3. The highest BCUT2D eigenvalue weighted by Crippen LogP contribution is 2.18. The minimum atomic E-state index is 0.156. The van der Waals surface area contributed by atoms with E-state index in [9.17, 15) is 5.11 Å². The molecule has 2 aliphatic heterocycles. The van der Waals surface area contributed by atoms with Crippen LogP contribution in [0.25, 0.3) is 0 Å². The monoisotopic (exact) mass is 258 g/mol. The van der Waals surface area contributed by atoms with E-state index in [2.05, 4.69) is 17.1 Å². The molecule has 0 amide bonds. The molecule has 0 saturated carbocycles. The Morgan fingerprint density at radius 2 is 2.11 bits per heavy atom.